The normalized spacial score (nSPS) is 21.0. The molecule has 1 aromatic carbocycles. The van der Waals surface area contributed by atoms with Crippen molar-refractivity contribution in [2.75, 3.05) is 32.8 Å². The SMILES string of the molecule is CCCN(Cc1cc2c(cc1Br)OCCO2)C1CCNC1. The molecule has 21 heavy (non-hydrogen) atoms. The van der Waals surface area contributed by atoms with Gasteiger partial charge in [0.2, 0.25) is 0 Å². The summed E-state index contributed by atoms with van der Waals surface area (Å²) in [4.78, 5) is 2.58. The van der Waals surface area contributed by atoms with Crippen LogP contribution in [0.1, 0.15) is 25.3 Å². The molecular formula is C16H23BrN2O2. The van der Waals surface area contributed by atoms with Gasteiger partial charge in [-0.25, -0.2) is 0 Å². The zero-order valence-electron chi connectivity index (χ0n) is 12.5. The topological polar surface area (TPSA) is 33.7 Å². The lowest BCUT2D eigenvalue weighted by atomic mass is 10.1. The summed E-state index contributed by atoms with van der Waals surface area (Å²) in [5.74, 6) is 1.72. The molecule has 5 heteroatoms. The first-order chi connectivity index (χ1) is 10.3. The number of ether oxygens (including phenoxy) is 2. The van der Waals surface area contributed by atoms with E-state index in [0.29, 0.717) is 19.3 Å². The van der Waals surface area contributed by atoms with E-state index in [1.54, 1.807) is 0 Å². The quantitative estimate of drug-likeness (QED) is 0.881. The van der Waals surface area contributed by atoms with E-state index >= 15 is 0 Å². The number of hydrogen-bond donors (Lipinski definition) is 1. The maximum absolute atomic E-state index is 5.71. The molecule has 2 heterocycles. The molecule has 3 rings (SSSR count). The van der Waals surface area contributed by atoms with Gasteiger partial charge in [-0.05, 0) is 43.6 Å². The van der Waals surface area contributed by atoms with Gasteiger partial charge in [-0.1, -0.05) is 22.9 Å². The Kier molecular flexibility index (Phi) is 5.03. The molecule has 2 aliphatic heterocycles. The van der Waals surface area contributed by atoms with Crippen molar-refractivity contribution in [2.45, 2.75) is 32.4 Å². The lowest BCUT2D eigenvalue weighted by Crippen LogP contribution is -2.37. The number of rotatable bonds is 5. The summed E-state index contributed by atoms with van der Waals surface area (Å²) in [6.07, 6.45) is 2.42. The molecule has 0 bridgehead atoms. The number of halogens is 1. The molecule has 0 aliphatic carbocycles. The molecule has 0 spiro atoms. The van der Waals surface area contributed by atoms with E-state index in [9.17, 15) is 0 Å². The fourth-order valence-corrected chi connectivity index (χ4v) is 3.52. The van der Waals surface area contributed by atoms with Gasteiger partial charge >= 0.3 is 0 Å². The van der Waals surface area contributed by atoms with Crippen LogP contribution in [0.4, 0.5) is 0 Å². The Labute approximate surface area is 134 Å². The molecular weight excluding hydrogens is 332 g/mol. The number of fused-ring (bicyclic) bond motifs is 1. The van der Waals surface area contributed by atoms with Crippen molar-refractivity contribution >= 4 is 15.9 Å². The van der Waals surface area contributed by atoms with E-state index in [4.69, 9.17) is 9.47 Å². The van der Waals surface area contributed by atoms with E-state index < -0.39 is 0 Å². The molecule has 2 aliphatic rings. The second-order valence-electron chi connectivity index (χ2n) is 5.70. The van der Waals surface area contributed by atoms with Gasteiger partial charge in [0, 0.05) is 23.6 Å². The highest BCUT2D eigenvalue weighted by atomic mass is 79.9. The Balaban J connectivity index is 1.78. The van der Waals surface area contributed by atoms with E-state index in [0.717, 1.165) is 42.2 Å². The van der Waals surface area contributed by atoms with Gasteiger partial charge in [-0.3, -0.25) is 4.90 Å². The van der Waals surface area contributed by atoms with Crippen LogP contribution in [0.15, 0.2) is 16.6 Å². The van der Waals surface area contributed by atoms with Crippen LogP contribution in [0.2, 0.25) is 0 Å². The third-order valence-electron chi connectivity index (χ3n) is 4.15. The number of nitrogens with zero attached hydrogens (tertiary/aromatic N) is 1. The predicted octanol–water partition coefficient (Wildman–Crippen LogP) is 2.79. The molecule has 0 radical (unpaired) electrons. The second kappa shape index (κ2) is 6.99. The highest BCUT2D eigenvalue weighted by Gasteiger charge is 2.23. The molecule has 0 aromatic heterocycles. The standard InChI is InChI=1S/C16H23BrN2O2/c1-2-5-19(13-3-4-18-10-13)11-12-8-15-16(9-14(12)17)21-7-6-20-15/h8-9,13,18H,2-7,10-11H2,1H3. The minimum Gasteiger partial charge on any atom is -0.486 e. The second-order valence-corrected chi connectivity index (χ2v) is 6.56. The molecule has 1 saturated heterocycles. The van der Waals surface area contributed by atoms with Crippen LogP contribution in [0.25, 0.3) is 0 Å². The fraction of sp³-hybridized carbons (Fsp3) is 0.625. The largest absolute Gasteiger partial charge is 0.486 e. The Morgan fingerprint density at radius 1 is 1.29 bits per heavy atom. The molecule has 0 saturated carbocycles. The van der Waals surface area contributed by atoms with Gasteiger partial charge in [0.05, 0.1) is 0 Å². The summed E-state index contributed by atoms with van der Waals surface area (Å²) in [6.45, 7) is 7.84. The third kappa shape index (κ3) is 3.52. The number of benzene rings is 1. The Bertz CT molecular complexity index is 489. The Morgan fingerprint density at radius 3 is 2.71 bits per heavy atom. The van der Waals surface area contributed by atoms with Gasteiger partial charge < -0.3 is 14.8 Å². The molecule has 1 fully saturated rings. The molecule has 1 N–H and O–H groups in total. The van der Waals surface area contributed by atoms with Crippen molar-refractivity contribution < 1.29 is 9.47 Å². The monoisotopic (exact) mass is 354 g/mol. The van der Waals surface area contributed by atoms with Crippen LogP contribution in [0, 0.1) is 0 Å². The van der Waals surface area contributed by atoms with Crippen molar-refractivity contribution in [2.24, 2.45) is 0 Å². The van der Waals surface area contributed by atoms with E-state index in [2.05, 4.69) is 39.1 Å². The minimum absolute atomic E-state index is 0.633. The first kappa shape index (κ1) is 15.1. The van der Waals surface area contributed by atoms with Crippen molar-refractivity contribution in [3.8, 4) is 11.5 Å². The average molecular weight is 355 g/mol. The van der Waals surface area contributed by atoms with Crippen LogP contribution >= 0.6 is 15.9 Å². The summed E-state index contributed by atoms with van der Waals surface area (Å²) in [6, 6.07) is 4.81. The minimum atomic E-state index is 0.633. The lowest BCUT2D eigenvalue weighted by molar-refractivity contribution is 0.169. The smallest absolute Gasteiger partial charge is 0.162 e. The van der Waals surface area contributed by atoms with Crippen LogP contribution in [-0.2, 0) is 6.54 Å². The fourth-order valence-electron chi connectivity index (χ4n) is 3.08. The van der Waals surface area contributed by atoms with Gasteiger partial charge in [0.25, 0.3) is 0 Å². The molecule has 1 atom stereocenters. The summed E-state index contributed by atoms with van der Waals surface area (Å²) >= 11 is 3.69. The molecule has 1 unspecified atom stereocenters. The number of hydrogen-bond acceptors (Lipinski definition) is 4. The summed E-state index contributed by atoms with van der Waals surface area (Å²) in [7, 11) is 0. The molecule has 4 nitrogen and oxygen atoms in total. The van der Waals surface area contributed by atoms with E-state index in [1.165, 1.54) is 18.4 Å². The zero-order valence-corrected chi connectivity index (χ0v) is 14.1. The molecule has 116 valence electrons. The van der Waals surface area contributed by atoms with Crippen LogP contribution < -0.4 is 14.8 Å². The van der Waals surface area contributed by atoms with Gasteiger partial charge in [-0.2, -0.15) is 0 Å². The Hall–Kier alpha value is -0.780. The third-order valence-corrected chi connectivity index (χ3v) is 4.88. The van der Waals surface area contributed by atoms with Crippen molar-refractivity contribution in [1.82, 2.24) is 10.2 Å². The van der Waals surface area contributed by atoms with Crippen molar-refractivity contribution in [3.05, 3.63) is 22.2 Å². The molecule has 1 aromatic rings. The van der Waals surface area contributed by atoms with Crippen LogP contribution in [-0.4, -0.2) is 43.8 Å². The van der Waals surface area contributed by atoms with Crippen LogP contribution in [0.5, 0.6) is 11.5 Å². The predicted molar refractivity (Wildman–Crippen MR) is 87.1 cm³/mol. The summed E-state index contributed by atoms with van der Waals surface area (Å²) in [5, 5.41) is 3.46. The van der Waals surface area contributed by atoms with E-state index in [1.807, 2.05) is 6.07 Å². The maximum atomic E-state index is 5.71. The first-order valence-electron chi connectivity index (χ1n) is 7.80. The van der Waals surface area contributed by atoms with E-state index in [-0.39, 0.29) is 0 Å². The van der Waals surface area contributed by atoms with Crippen LogP contribution in [0.3, 0.4) is 0 Å². The summed E-state index contributed by atoms with van der Waals surface area (Å²) in [5.41, 5.74) is 1.28. The van der Waals surface area contributed by atoms with Gasteiger partial charge in [-0.15, -0.1) is 0 Å². The molecule has 0 amide bonds. The zero-order chi connectivity index (χ0) is 14.7. The van der Waals surface area contributed by atoms with Crippen molar-refractivity contribution in [1.29, 1.82) is 0 Å². The maximum Gasteiger partial charge on any atom is 0.162 e. The Morgan fingerprint density at radius 2 is 2.05 bits per heavy atom. The van der Waals surface area contributed by atoms with Crippen molar-refractivity contribution in [3.63, 3.8) is 0 Å². The summed E-state index contributed by atoms with van der Waals surface area (Å²) < 4.78 is 12.5. The average Bonchev–Trinajstić information content (AvgIpc) is 3.01. The highest BCUT2D eigenvalue weighted by molar-refractivity contribution is 9.10. The highest BCUT2D eigenvalue weighted by Crippen LogP contribution is 2.36. The first-order valence-corrected chi connectivity index (χ1v) is 8.60. The van der Waals surface area contributed by atoms with Gasteiger partial charge in [0.1, 0.15) is 13.2 Å². The lowest BCUT2D eigenvalue weighted by Gasteiger charge is -2.29. The van der Waals surface area contributed by atoms with Gasteiger partial charge in [0.15, 0.2) is 11.5 Å². The number of nitrogens with one attached hydrogen (secondary N) is 1.